The number of rotatable bonds is 8. The van der Waals surface area contributed by atoms with Gasteiger partial charge in [-0.25, -0.2) is 28.1 Å². The highest BCUT2D eigenvalue weighted by molar-refractivity contribution is 7.11. The number of hydrogen-bond acceptors (Lipinski definition) is 9. The number of amides is 2. The molecule has 2 amide bonds. The topological polar surface area (TPSA) is 128 Å². The lowest BCUT2D eigenvalue weighted by Gasteiger charge is -2.38. The van der Waals surface area contributed by atoms with E-state index in [9.17, 15) is 23.2 Å². The van der Waals surface area contributed by atoms with Crippen LogP contribution in [0.3, 0.4) is 0 Å². The highest BCUT2D eigenvalue weighted by Gasteiger charge is 2.42. The van der Waals surface area contributed by atoms with Crippen molar-refractivity contribution in [2.75, 3.05) is 44.7 Å². The summed E-state index contributed by atoms with van der Waals surface area (Å²) in [5.41, 5.74) is 2.53. The van der Waals surface area contributed by atoms with Crippen LogP contribution in [0, 0.1) is 11.6 Å². The third-order valence-corrected chi connectivity index (χ3v) is 10.1. The minimum atomic E-state index is -1.21. The summed E-state index contributed by atoms with van der Waals surface area (Å²) in [7, 11) is 1.28. The molecule has 2 saturated heterocycles. The Morgan fingerprint density at radius 3 is 2.56 bits per heavy atom. The Balaban J connectivity index is 1.12. The fourth-order valence-corrected chi connectivity index (χ4v) is 7.38. The third kappa shape index (κ3) is 6.32. The Morgan fingerprint density at radius 2 is 1.88 bits per heavy atom. The summed E-state index contributed by atoms with van der Waals surface area (Å²) in [6, 6.07) is 13.4. The summed E-state index contributed by atoms with van der Waals surface area (Å²) >= 11 is 7.85. The van der Waals surface area contributed by atoms with E-state index in [4.69, 9.17) is 26.4 Å². The molecule has 2 fully saturated rings. The second-order valence-electron chi connectivity index (χ2n) is 11.9. The van der Waals surface area contributed by atoms with Crippen molar-refractivity contribution in [3.8, 4) is 11.1 Å². The largest absolute Gasteiger partial charge is 0.478 e. The van der Waals surface area contributed by atoms with Gasteiger partial charge in [0.05, 0.1) is 24.3 Å². The van der Waals surface area contributed by atoms with Gasteiger partial charge in [0.2, 0.25) is 0 Å². The predicted octanol–water partition coefficient (Wildman–Crippen LogP) is 5.58. The molecule has 4 heterocycles. The normalized spacial score (nSPS) is 19.3. The zero-order chi connectivity index (χ0) is 35.1. The van der Waals surface area contributed by atoms with Crippen molar-refractivity contribution >= 4 is 52.4 Å². The molecule has 50 heavy (non-hydrogen) atoms. The highest BCUT2D eigenvalue weighted by Crippen LogP contribution is 2.37. The molecule has 4 aromatic rings. The standard InChI is InChI=1S/C35H29ClF2N6O5S/c1-49-34(47)29-28(40-31(32-39-10-13-50-32)41-30(29)25-9-5-21(37)15-26(25)36)18-42-11-12-43-23(16-42)17-44(35(43)48)22-6-2-19(3-7-22)24-8-4-20(33(45)46)14-27(24)38/h2-10,13-15,23,30H,11-12,16-18H2,1H3,(H,40,41)(H,45,46). The number of piperazine rings is 1. The fourth-order valence-electron chi connectivity index (χ4n) is 6.53. The Hall–Kier alpha value is -5.18. The lowest BCUT2D eigenvalue weighted by Crippen LogP contribution is -2.53. The minimum Gasteiger partial charge on any atom is -0.478 e. The van der Waals surface area contributed by atoms with Gasteiger partial charge in [-0.15, -0.1) is 11.3 Å². The Bertz CT molecular complexity index is 2060. The quantitative estimate of drug-likeness (QED) is 0.226. The number of thiazole rings is 1. The Morgan fingerprint density at radius 1 is 1.08 bits per heavy atom. The number of aromatic carboxylic acids is 1. The van der Waals surface area contributed by atoms with Gasteiger partial charge in [-0.2, -0.15) is 0 Å². The van der Waals surface area contributed by atoms with E-state index in [2.05, 4.69) is 15.2 Å². The lowest BCUT2D eigenvalue weighted by molar-refractivity contribution is -0.136. The summed E-state index contributed by atoms with van der Waals surface area (Å²) < 4.78 is 33.9. The second kappa shape index (κ2) is 13.6. The van der Waals surface area contributed by atoms with E-state index in [1.165, 1.54) is 48.8 Å². The van der Waals surface area contributed by atoms with Crippen LogP contribution < -0.4 is 10.2 Å². The van der Waals surface area contributed by atoms with Gasteiger partial charge >= 0.3 is 18.0 Å². The lowest BCUT2D eigenvalue weighted by atomic mass is 9.95. The average molecular weight is 719 g/mol. The third-order valence-electron chi connectivity index (χ3n) is 8.95. The van der Waals surface area contributed by atoms with Crippen molar-refractivity contribution in [3.63, 3.8) is 0 Å². The van der Waals surface area contributed by atoms with Gasteiger partial charge in [-0.3, -0.25) is 14.8 Å². The molecule has 256 valence electrons. The number of carbonyl (C=O) groups excluding carboxylic acids is 2. The van der Waals surface area contributed by atoms with E-state index in [-0.39, 0.29) is 33.8 Å². The molecule has 1 aromatic heterocycles. The minimum absolute atomic E-state index is 0.118. The molecule has 3 aromatic carbocycles. The van der Waals surface area contributed by atoms with Crippen molar-refractivity contribution in [1.29, 1.82) is 0 Å². The second-order valence-corrected chi connectivity index (χ2v) is 13.2. The number of fused-ring (bicyclic) bond motifs is 1. The van der Waals surface area contributed by atoms with Crippen molar-refractivity contribution in [2.45, 2.75) is 12.1 Å². The molecule has 3 aliphatic rings. The maximum absolute atomic E-state index is 14.7. The molecular formula is C35H29ClF2N6O5S. The van der Waals surface area contributed by atoms with Gasteiger partial charge in [0, 0.05) is 71.8 Å². The molecule has 0 radical (unpaired) electrons. The number of amidine groups is 1. The monoisotopic (exact) mass is 718 g/mol. The number of halogens is 3. The van der Waals surface area contributed by atoms with Crippen molar-refractivity contribution in [1.82, 2.24) is 20.1 Å². The molecule has 2 N–H and O–H groups in total. The first kappa shape index (κ1) is 33.3. The van der Waals surface area contributed by atoms with Crippen molar-refractivity contribution in [3.05, 3.63) is 116 Å². The van der Waals surface area contributed by atoms with Crippen LogP contribution >= 0.6 is 22.9 Å². The summed E-state index contributed by atoms with van der Waals surface area (Å²) in [5, 5.41) is 15.0. The van der Waals surface area contributed by atoms with E-state index in [1.807, 2.05) is 10.3 Å². The molecular weight excluding hydrogens is 690 g/mol. The molecule has 3 aliphatic heterocycles. The number of hydrogen-bond donors (Lipinski definition) is 2. The molecule has 0 aliphatic carbocycles. The number of esters is 1. The van der Waals surface area contributed by atoms with E-state index in [0.717, 1.165) is 6.07 Å². The van der Waals surface area contributed by atoms with Gasteiger partial charge in [0.15, 0.2) is 10.8 Å². The molecule has 0 bridgehead atoms. The number of nitrogens with zero attached hydrogens (tertiary/aromatic N) is 5. The number of nitrogens with one attached hydrogen (secondary N) is 1. The van der Waals surface area contributed by atoms with Crippen LogP contribution in [0.1, 0.15) is 27.0 Å². The van der Waals surface area contributed by atoms with Crippen LogP contribution in [0.4, 0.5) is 19.3 Å². The van der Waals surface area contributed by atoms with Gasteiger partial charge < -0.3 is 20.1 Å². The SMILES string of the molecule is COC(=O)C1=C(CN2CCN3C(=O)N(c4ccc(-c5ccc(C(=O)O)cc5F)cc4)CC3C2)NC(c2nccs2)=NC1c1ccc(F)cc1Cl. The maximum Gasteiger partial charge on any atom is 0.338 e. The van der Waals surface area contributed by atoms with Gasteiger partial charge in [0.1, 0.15) is 17.7 Å². The van der Waals surface area contributed by atoms with Gasteiger partial charge in [-0.05, 0) is 42.0 Å². The first-order valence-electron chi connectivity index (χ1n) is 15.6. The summed E-state index contributed by atoms with van der Waals surface area (Å²) in [6.45, 7) is 2.18. The number of carboxylic acid groups (broad SMARTS) is 1. The first-order valence-corrected chi connectivity index (χ1v) is 16.8. The number of carbonyl (C=O) groups is 3. The highest BCUT2D eigenvalue weighted by atomic mass is 35.5. The Kier molecular flexibility index (Phi) is 9.07. The summed E-state index contributed by atoms with van der Waals surface area (Å²) in [5.74, 6) is -2.55. The number of carboxylic acids is 1. The summed E-state index contributed by atoms with van der Waals surface area (Å²) in [4.78, 5) is 52.9. The molecule has 7 rings (SSSR count). The summed E-state index contributed by atoms with van der Waals surface area (Å²) in [6.07, 6.45) is 1.65. The number of anilines is 1. The van der Waals surface area contributed by atoms with Crippen LogP contribution in [0.2, 0.25) is 5.02 Å². The zero-order valence-corrected chi connectivity index (χ0v) is 28.0. The van der Waals surface area contributed by atoms with E-state index in [1.54, 1.807) is 35.4 Å². The van der Waals surface area contributed by atoms with Crippen LogP contribution in [-0.2, 0) is 9.53 Å². The van der Waals surface area contributed by atoms with Crippen LogP contribution in [0.15, 0.2) is 88.5 Å². The van der Waals surface area contributed by atoms with E-state index in [0.29, 0.717) is 66.1 Å². The smallest absolute Gasteiger partial charge is 0.338 e. The van der Waals surface area contributed by atoms with Crippen molar-refractivity contribution < 1.29 is 33.0 Å². The number of aliphatic imine (C=N–C) groups is 1. The molecule has 2 unspecified atom stereocenters. The molecule has 2 atom stereocenters. The molecule has 11 nitrogen and oxygen atoms in total. The van der Waals surface area contributed by atoms with Crippen LogP contribution in [-0.4, -0.2) is 89.6 Å². The molecule has 0 spiro atoms. The Labute approximate surface area is 294 Å². The van der Waals surface area contributed by atoms with Gasteiger partial charge in [-0.1, -0.05) is 35.9 Å². The maximum atomic E-state index is 14.7. The number of benzene rings is 3. The van der Waals surface area contributed by atoms with Crippen molar-refractivity contribution in [2.24, 2.45) is 4.99 Å². The zero-order valence-electron chi connectivity index (χ0n) is 26.5. The molecule has 0 saturated carbocycles. The van der Waals surface area contributed by atoms with Gasteiger partial charge in [0.25, 0.3) is 0 Å². The predicted molar refractivity (Wildman–Crippen MR) is 183 cm³/mol. The fraction of sp³-hybridized carbons (Fsp3) is 0.229. The van der Waals surface area contributed by atoms with Crippen LogP contribution in [0.5, 0.6) is 0 Å². The number of methoxy groups -OCH3 is 1. The number of ether oxygens (including phenoxy) is 1. The number of urea groups is 1. The first-order chi connectivity index (χ1) is 24.1. The molecule has 15 heteroatoms. The average Bonchev–Trinajstić information content (AvgIpc) is 3.76. The van der Waals surface area contributed by atoms with E-state index < -0.39 is 29.6 Å². The number of aromatic nitrogens is 1. The van der Waals surface area contributed by atoms with Crippen LogP contribution in [0.25, 0.3) is 11.1 Å². The van der Waals surface area contributed by atoms with E-state index >= 15 is 0 Å².